The molecule has 0 saturated heterocycles. The Hall–Kier alpha value is -2.39. The first kappa shape index (κ1) is 20.9. The highest BCUT2D eigenvalue weighted by Crippen LogP contribution is 2.27. The van der Waals surface area contributed by atoms with Gasteiger partial charge in [-0.2, -0.15) is 0 Å². The number of ether oxygens (including phenoxy) is 1. The molecule has 7 nitrogen and oxygen atoms in total. The summed E-state index contributed by atoms with van der Waals surface area (Å²) in [5.41, 5.74) is 2.83. The number of anilines is 1. The highest BCUT2D eigenvalue weighted by Gasteiger charge is 2.20. The molecule has 0 radical (unpaired) electrons. The molecule has 30 heavy (non-hydrogen) atoms. The Morgan fingerprint density at radius 2 is 2.13 bits per heavy atom. The third kappa shape index (κ3) is 4.84. The number of fused-ring (bicyclic) bond motifs is 1. The molecule has 0 unspecified atom stereocenters. The molecule has 158 valence electrons. The van der Waals surface area contributed by atoms with Crippen LogP contribution in [0.25, 0.3) is 0 Å². The molecule has 0 saturated carbocycles. The second-order valence-electron chi connectivity index (χ2n) is 7.16. The van der Waals surface area contributed by atoms with Crippen molar-refractivity contribution >= 4 is 34.1 Å². The zero-order valence-corrected chi connectivity index (χ0v) is 18.8. The van der Waals surface area contributed by atoms with Crippen LogP contribution in [0.1, 0.15) is 43.6 Å². The molecular formula is C21H25N5O2S2. The summed E-state index contributed by atoms with van der Waals surface area (Å²) in [6.07, 6.45) is 6.47. The van der Waals surface area contributed by atoms with Gasteiger partial charge in [-0.25, -0.2) is 4.98 Å². The smallest absolute Gasteiger partial charge is 0.239 e. The highest BCUT2D eigenvalue weighted by molar-refractivity contribution is 8.00. The summed E-state index contributed by atoms with van der Waals surface area (Å²) >= 11 is 2.78. The Morgan fingerprint density at radius 1 is 1.30 bits per heavy atom. The maximum absolute atomic E-state index is 12.4. The molecule has 0 bridgehead atoms. The van der Waals surface area contributed by atoms with Crippen molar-refractivity contribution in [1.82, 2.24) is 19.7 Å². The molecule has 1 atom stereocenters. The Kier molecular flexibility index (Phi) is 6.69. The summed E-state index contributed by atoms with van der Waals surface area (Å²) in [5, 5.41) is 14.2. The Morgan fingerprint density at radius 3 is 2.90 bits per heavy atom. The molecule has 1 aliphatic carbocycles. The number of aryl methyl sites for hydroxylation is 2. The summed E-state index contributed by atoms with van der Waals surface area (Å²) < 4.78 is 8.01. The zero-order chi connectivity index (χ0) is 20.9. The van der Waals surface area contributed by atoms with E-state index in [4.69, 9.17) is 4.74 Å². The van der Waals surface area contributed by atoms with Gasteiger partial charge in [0.25, 0.3) is 0 Å². The second-order valence-corrected chi connectivity index (χ2v) is 9.36. The van der Waals surface area contributed by atoms with Crippen LogP contribution >= 0.6 is 23.1 Å². The Bertz CT molecular complexity index is 1000. The summed E-state index contributed by atoms with van der Waals surface area (Å²) in [4.78, 5) is 16.5. The van der Waals surface area contributed by atoms with Crippen molar-refractivity contribution in [3.05, 3.63) is 46.7 Å². The van der Waals surface area contributed by atoms with Gasteiger partial charge >= 0.3 is 0 Å². The maximum atomic E-state index is 12.4. The van der Waals surface area contributed by atoms with Crippen molar-refractivity contribution in [3.8, 4) is 5.75 Å². The fraction of sp³-hybridized carbons (Fsp3) is 0.429. The van der Waals surface area contributed by atoms with E-state index in [2.05, 4.69) is 32.6 Å². The Balaban J connectivity index is 1.39. The fourth-order valence-electron chi connectivity index (χ4n) is 3.48. The van der Waals surface area contributed by atoms with E-state index in [0.717, 1.165) is 24.4 Å². The minimum Gasteiger partial charge on any atom is -0.486 e. The number of carbonyl (C=O) groups is 1. The molecule has 0 fully saturated rings. The van der Waals surface area contributed by atoms with E-state index < -0.39 is 0 Å². The van der Waals surface area contributed by atoms with Crippen LogP contribution in [0.3, 0.4) is 0 Å². The van der Waals surface area contributed by atoms with E-state index >= 15 is 0 Å². The molecule has 0 spiro atoms. The van der Waals surface area contributed by atoms with Crippen molar-refractivity contribution in [3.63, 3.8) is 0 Å². The van der Waals surface area contributed by atoms with Gasteiger partial charge in [0, 0.05) is 18.1 Å². The quantitative estimate of drug-likeness (QED) is 0.522. The normalized spacial score (nSPS) is 14.2. The van der Waals surface area contributed by atoms with Gasteiger partial charge in [0.05, 0.1) is 5.25 Å². The maximum Gasteiger partial charge on any atom is 0.239 e. The molecule has 1 amide bonds. The molecule has 9 heteroatoms. The third-order valence-electron chi connectivity index (χ3n) is 5.11. The van der Waals surface area contributed by atoms with E-state index in [9.17, 15) is 4.79 Å². The minimum atomic E-state index is -0.321. The summed E-state index contributed by atoms with van der Waals surface area (Å²) in [6, 6.07) is 6.37. The molecule has 1 N–H and O–H groups in total. The van der Waals surface area contributed by atoms with Gasteiger partial charge in [0.1, 0.15) is 12.4 Å². The first-order chi connectivity index (χ1) is 14.6. The number of amides is 1. The molecule has 2 heterocycles. The molecule has 0 aliphatic heterocycles. The number of nitrogens with one attached hydrogen (secondary N) is 1. The first-order valence-electron chi connectivity index (χ1n) is 10.2. The van der Waals surface area contributed by atoms with Gasteiger partial charge in [0.2, 0.25) is 5.91 Å². The van der Waals surface area contributed by atoms with Gasteiger partial charge in [-0.3, -0.25) is 4.79 Å². The SMILES string of the molecule is CCn1c(COc2ccc3c(c2)CCCC3)nnc1S[C@H](C)C(=O)Nc1nccs1. The number of carbonyl (C=O) groups excluding carboxylic acids is 1. The monoisotopic (exact) mass is 443 g/mol. The summed E-state index contributed by atoms with van der Waals surface area (Å²) in [7, 11) is 0. The average molecular weight is 444 g/mol. The lowest BCUT2D eigenvalue weighted by molar-refractivity contribution is -0.115. The van der Waals surface area contributed by atoms with Crippen molar-refractivity contribution in [2.45, 2.75) is 63.1 Å². The van der Waals surface area contributed by atoms with Crippen LogP contribution in [0, 0.1) is 0 Å². The molecule has 2 aromatic heterocycles. The number of hydrogen-bond acceptors (Lipinski definition) is 7. The third-order valence-corrected chi connectivity index (χ3v) is 6.88. The number of rotatable bonds is 8. The lowest BCUT2D eigenvalue weighted by Crippen LogP contribution is -2.22. The highest BCUT2D eigenvalue weighted by atomic mass is 32.2. The standard InChI is InChI=1S/C21H25N5O2S2/c1-3-26-18(13-28-17-9-8-15-6-4-5-7-16(15)12-17)24-25-21(26)30-14(2)19(27)23-20-22-10-11-29-20/h8-12,14H,3-7,13H2,1-2H3,(H,22,23,27)/t14-/m1/s1. The van der Waals surface area contributed by atoms with Crippen LogP contribution in [-0.2, 0) is 30.8 Å². The average Bonchev–Trinajstić information content (AvgIpc) is 3.41. The van der Waals surface area contributed by atoms with Gasteiger partial charge < -0.3 is 14.6 Å². The van der Waals surface area contributed by atoms with Crippen LogP contribution in [0.4, 0.5) is 5.13 Å². The van der Waals surface area contributed by atoms with Gasteiger partial charge in [-0.15, -0.1) is 21.5 Å². The van der Waals surface area contributed by atoms with Crippen molar-refractivity contribution in [2.75, 3.05) is 5.32 Å². The topological polar surface area (TPSA) is 81.9 Å². The second kappa shape index (κ2) is 9.61. The van der Waals surface area contributed by atoms with Crippen LogP contribution in [0.5, 0.6) is 5.75 Å². The summed E-state index contributed by atoms with van der Waals surface area (Å²) in [5.74, 6) is 1.52. The van der Waals surface area contributed by atoms with Crippen LogP contribution in [-0.4, -0.2) is 30.9 Å². The molecule has 3 aromatic rings. The van der Waals surface area contributed by atoms with E-state index in [1.54, 1.807) is 6.20 Å². The number of thiazole rings is 1. The number of hydrogen-bond donors (Lipinski definition) is 1. The number of benzene rings is 1. The Labute approximate surface area is 184 Å². The fourth-order valence-corrected chi connectivity index (χ4v) is 4.95. The molecular weight excluding hydrogens is 418 g/mol. The van der Waals surface area contributed by atoms with Gasteiger partial charge in [0.15, 0.2) is 16.1 Å². The molecule has 1 aromatic carbocycles. The zero-order valence-electron chi connectivity index (χ0n) is 17.1. The minimum absolute atomic E-state index is 0.104. The number of thioether (sulfide) groups is 1. The lowest BCUT2D eigenvalue weighted by atomic mass is 9.92. The number of aromatic nitrogens is 4. The predicted molar refractivity (Wildman–Crippen MR) is 119 cm³/mol. The predicted octanol–water partition coefficient (Wildman–Crippen LogP) is 4.33. The largest absolute Gasteiger partial charge is 0.486 e. The van der Waals surface area contributed by atoms with E-state index in [1.165, 1.54) is 47.1 Å². The van der Waals surface area contributed by atoms with Crippen LogP contribution in [0.2, 0.25) is 0 Å². The van der Waals surface area contributed by atoms with Gasteiger partial charge in [-0.1, -0.05) is 17.8 Å². The number of nitrogens with zero attached hydrogens (tertiary/aromatic N) is 4. The molecule has 4 rings (SSSR count). The van der Waals surface area contributed by atoms with Crippen LogP contribution < -0.4 is 10.1 Å². The summed E-state index contributed by atoms with van der Waals surface area (Å²) in [6.45, 7) is 4.95. The first-order valence-corrected chi connectivity index (χ1v) is 11.9. The van der Waals surface area contributed by atoms with Crippen LogP contribution in [0.15, 0.2) is 34.9 Å². The van der Waals surface area contributed by atoms with Crippen molar-refractivity contribution < 1.29 is 9.53 Å². The van der Waals surface area contributed by atoms with Crippen molar-refractivity contribution in [2.24, 2.45) is 0 Å². The van der Waals surface area contributed by atoms with E-state index in [1.807, 2.05) is 29.9 Å². The van der Waals surface area contributed by atoms with E-state index in [-0.39, 0.29) is 11.2 Å². The van der Waals surface area contributed by atoms with Gasteiger partial charge in [-0.05, 0) is 62.8 Å². The van der Waals surface area contributed by atoms with Crippen molar-refractivity contribution in [1.29, 1.82) is 0 Å². The van der Waals surface area contributed by atoms with E-state index in [0.29, 0.717) is 23.4 Å². The lowest BCUT2D eigenvalue weighted by Gasteiger charge is -2.17. The molecule has 1 aliphatic rings.